The summed E-state index contributed by atoms with van der Waals surface area (Å²) in [4.78, 5) is 7.85. The van der Waals surface area contributed by atoms with Crippen LogP contribution in [0.2, 0.25) is 0 Å². The molecule has 18 heavy (non-hydrogen) atoms. The minimum atomic E-state index is -0.209. The standard InChI is InChI=1S/C15H15N3/c1-10-7-8-12-13(9-10)18-15(17-12)14(16)11-5-3-2-4-6-11/h2-9,14H,16H2,1H3,(H,17,18). The molecule has 0 radical (unpaired) electrons. The third-order valence-electron chi connectivity index (χ3n) is 3.11. The molecule has 90 valence electrons. The molecule has 0 bridgehead atoms. The van der Waals surface area contributed by atoms with Crippen LogP contribution in [-0.2, 0) is 0 Å². The third kappa shape index (κ3) is 1.89. The van der Waals surface area contributed by atoms with Crippen molar-refractivity contribution in [2.45, 2.75) is 13.0 Å². The lowest BCUT2D eigenvalue weighted by molar-refractivity contribution is 0.806. The number of rotatable bonds is 2. The second-order valence-corrected chi connectivity index (χ2v) is 4.53. The van der Waals surface area contributed by atoms with Crippen molar-refractivity contribution in [2.75, 3.05) is 0 Å². The van der Waals surface area contributed by atoms with E-state index in [1.807, 2.05) is 36.4 Å². The van der Waals surface area contributed by atoms with Crippen molar-refractivity contribution < 1.29 is 0 Å². The monoisotopic (exact) mass is 237 g/mol. The van der Waals surface area contributed by atoms with Crippen molar-refractivity contribution in [3.05, 3.63) is 65.5 Å². The molecule has 1 unspecified atom stereocenters. The number of aromatic nitrogens is 2. The molecule has 0 saturated heterocycles. The first kappa shape index (κ1) is 11.0. The van der Waals surface area contributed by atoms with Gasteiger partial charge in [0.2, 0.25) is 0 Å². The molecule has 0 saturated carbocycles. The highest BCUT2D eigenvalue weighted by molar-refractivity contribution is 5.76. The zero-order valence-electron chi connectivity index (χ0n) is 10.2. The Labute approximate surface area is 106 Å². The van der Waals surface area contributed by atoms with Crippen LogP contribution in [0, 0.1) is 6.92 Å². The van der Waals surface area contributed by atoms with Gasteiger partial charge in [-0.05, 0) is 30.2 Å². The number of H-pyrrole nitrogens is 1. The fourth-order valence-corrected chi connectivity index (χ4v) is 2.11. The Morgan fingerprint density at radius 2 is 1.89 bits per heavy atom. The average molecular weight is 237 g/mol. The number of nitrogens with two attached hydrogens (primary N) is 1. The molecule has 0 spiro atoms. The quantitative estimate of drug-likeness (QED) is 0.720. The van der Waals surface area contributed by atoms with Gasteiger partial charge < -0.3 is 10.7 Å². The van der Waals surface area contributed by atoms with Crippen LogP contribution < -0.4 is 5.73 Å². The number of imidazole rings is 1. The molecule has 1 heterocycles. The van der Waals surface area contributed by atoms with Gasteiger partial charge in [0.05, 0.1) is 17.1 Å². The second kappa shape index (κ2) is 4.27. The van der Waals surface area contributed by atoms with Crippen LogP contribution in [0.15, 0.2) is 48.5 Å². The first-order chi connectivity index (χ1) is 8.74. The predicted octanol–water partition coefficient (Wildman–Crippen LogP) is 2.92. The van der Waals surface area contributed by atoms with Crippen molar-refractivity contribution in [3.8, 4) is 0 Å². The van der Waals surface area contributed by atoms with Gasteiger partial charge in [0.25, 0.3) is 0 Å². The largest absolute Gasteiger partial charge is 0.340 e. The number of hydrogen-bond donors (Lipinski definition) is 2. The zero-order chi connectivity index (χ0) is 12.5. The highest BCUT2D eigenvalue weighted by Gasteiger charge is 2.12. The van der Waals surface area contributed by atoms with Gasteiger partial charge in [-0.3, -0.25) is 0 Å². The van der Waals surface area contributed by atoms with Crippen LogP contribution in [0.3, 0.4) is 0 Å². The number of nitrogens with one attached hydrogen (secondary N) is 1. The van der Waals surface area contributed by atoms with Gasteiger partial charge >= 0.3 is 0 Å². The molecule has 0 amide bonds. The molecule has 0 aliphatic rings. The SMILES string of the molecule is Cc1ccc2nc(C(N)c3ccccc3)[nH]c2c1. The summed E-state index contributed by atoms with van der Waals surface area (Å²) >= 11 is 0. The molecule has 0 fully saturated rings. The maximum Gasteiger partial charge on any atom is 0.128 e. The van der Waals surface area contributed by atoms with E-state index in [4.69, 9.17) is 5.73 Å². The van der Waals surface area contributed by atoms with Crippen molar-refractivity contribution in [1.82, 2.24) is 9.97 Å². The first-order valence-electron chi connectivity index (χ1n) is 6.01. The van der Waals surface area contributed by atoms with Crippen molar-refractivity contribution in [1.29, 1.82) is 0 Å². The Balaban J connectivity index is 2.04. The summed E-state index contributed by atoms with van der Waals surface area (Å²) in [6, 6.07) is 15.9. The van der Waals surface area contributed by atoms with Crippen LogP contribution in [0.5, 0.6) is 0 Å². The van der Waals surface area contributed by atoms with Gasteiger partial charge in [-0.2, -0.15) is 0 Å². The Kier molecular flexibility index (Phi) is 2.61. The van der Waals surface area contributed by atoms with Gasteiger partial charge in [0.1, 0.15) is 5.82 Å². The molecule has 1 aromatic heterocycles. The first-order valence-corrected chi connectivity index (χ1v) is 6.01. The van der Waals surface area contributed by atoms with Crippen molar-refractivity contribution in [2.24, 2.45) is 5.73 Å². The van der Waals surface area contributed by atoms with Gasteiger partial charge in [0.15, 0.2) is 0 Å². The topological polar surface area (TPSA) is 54.7 Å². The molecule has 3 rings (SSSR count). The van der Waals surface area contributed by atoms with E-state index in [9.17, 15) is 0 Å². The highest BCUT2D eigenvalue weighted by atomic mass is 15.0. The number of benzene rings is 2. The van der Waals surface area contributed by atoms with Crippen LogP contribution in [0.1, 0.15) is 23.0 Å². The van der Waals surface area contributed by atoms with Gasteiger partial charge in [-0.1, -0.05) is 36.4 Å². The fourth-order valence-electron chi connectivity index (χ4n) is 2.11. The van der Waals surface area contributed by atoms with E-state index in [0.29, 0.717) is 0 Å². The van der Waals surface area contributed by atoms with Crippen LogP contribution in [0.25, 0.3) is 11.0 Å². The van der Waals surface area contributed by atoms with Crippen LogP contribution >= 0.6 is 0 Å². The molecular weight excluding hydrogens is 222 g/mol. The Morgan fingerprint density at radius 3 is 2.67 bits per heavy atom. The van der Waals surface area contributed by atoms with E-state index in [0.717, 1.165) is 22.4 Å². The number of aryl methyl sites for hydroxylation is 1. The molecule has 3 aromatic rings. The van der Waals surface area contributed by atoms with Crippen molar-refractivity contribution in [3.63, 3.8) is 0 Å². The summed E-state index contributed by atoms with van der Waals surface area (Å²) in [7, 11) is 0. The highest BCUT2D eigenvalue weighted by Crippen LogP contribution is 2.20. The summed E-state index contributed by atoms with van der Waals surface area (Å²) in [5.74, 6) is 0.807. The lowest BCUT2D eigenvalue weighted by atomic mass is 10.1. The predicted molar refractivity (Wildman–Crippen MR) is 73.3 cm³/mol. The molecular formula is C15H15N3. The van der Waals surface area contributed by atoms with E-state index in [1.54, 1.807) is 0 Å². The van der Waals surface area contributed by atoms with Gasteiger partial charge in [-0.25, -0.2) is 4.98 Å². The molecule has 2 aromatic carbocycles. The molecule has 3 heteroatoms. The van der Waals surface area contributed by atoms with E-state index < -0.39 is 0 Å². The van der Waals surface area contributed by atoms with E-state index in [1.165, 1.54) is 5.56 Å². The summed E-state index contributed by atoms with van der Waals surface area (Å²) in [6.07, 6.45) is 0. The summed E-state index contributed by atoms with van der Waals surface area (Å²) in [6.45, 7) is 2.07. The summed E-state index contributed by atoms with van der Waals surface area (Å²) in [5, 5.41) is 0. The maximum absolute atomic E-state index is 6.22. The number of aromatic amines is 1. The summed E-state index contributed by atoms with van der Waals surface area (Å²) in [5.41, 5.74) is 10.5. The van der Waals surface area contributed by atoms with Crippen LogP contribution in [0.4, 0.5) is 0 Å². The number of nitrogens with zero attached hydrogens (tertiary/aromatic N) is 1. The Morgan fingerprint density at radius 1 is 1.11 bits per heavy atom. The Hall–Kier alpha value is -2.13. The molecule has 3 N–H and O–H groups in total. The van der Waals surface area contributed by atoms with E-state index >= 15 is 0 Å². The van der Waals surface area contributed by atoms with Gasteiger partial charge in [0, 0.05) is 0 Å². The minimum absolute atomic E-state index is 0.209. The number of fused-ring (bicyclic) bond motifs is 1. The molecule has 0 aliphatic heterocycles. The van der Waals surface area contributed by atoms with E-state index in [2.05, 4.69) is 29.0 Å². The third-order valence-corrected chi connectivity index (χ3v) is 3.11. The van der Waals surface area contributed by atoms with Crippen LogP contribution in [-0.4, -0.2) is 9.97 Å². The van der Waals surface area contributed by atoms with Gasteiger partial charge in [-0.15, -0.1) is 0 Å². The minimum Gasteiger partial charge on any atom is -0.340 e. The van der Waals surface area contributed by atoms with E-state index in [-0.39, 0.29) is 6.04 Å². The molecule has 3 nitrogen and oxygen atoms in total. The zero-order valence-corrected chi connectivity index (χ0v) is 10.2. The lowest BCUT2D eigenvalue weighted by Crippen LogP contribution is -2.13. The van der Waals surface area contributed by atoms with Crippen molar-refractivity contribution >= 4 is 11.0 Å². The number of hydrogen-bond acceptors (Lipinski definition) is 2. The maximum atomic E-state index is 6.22. The fraction of sp³-hybridized carbons (Fsp3) is 0.133. The molecule has 0 aliphatic carbocycles. The normalized spacial score (nSPS) is 12.8. The lowest BCUT2D eigenvalue weighted by Gasteiger charge is -2.08. The Bertz CT molecular complexity index is 671. The second-order valence-electron chi connectivity index (χ2n) is 4.53. The molecule has 1 atom stereocenters. The average Bonchev–Trinajstić information content (AvgIpc) is 2.81. The summed E-state index contributed by atoms with van der Waals surface area (Å²) < 4.78 is 0. The smallest absolute Gasteiger partial charge is 0.128 e.